The Morgan fingerprint density at radius 3 is 1.68 bits per heavy atom. The Balaban J connectivity index is 2.06. The molecule has 1 aliphatic rings. The maximum absolute atomic E-state index is 7.57. The number of benzene rings is 3. The van der Waals surface area contributed by atoms with Crippen LogP contribution in [0.1, 0.15) is 52.8 Å². The van der Waals surface area contributed by atoms with E-state index in [9.17, 15) is 0 Å². The van der Waals surface area contributed by atoms with Gasteiger partial charge in [-0.2, -0.15) is 0 Å². The van der Waals surface area contributed by atoms with Crippen LogP contribution in [0.3, 0.4) is 0 Å². The molecule has 3 aromatic carbocycles. The molecule has 3 aromatic rings. The summed E-state index contributed by atoms with van der Waals surface area (Å²) < 4.78 is 9.24. The summed E-state index contributed by atoms with van der Waals surface area (Å²) in [5.74, 6) is 0.812. The average Bonchev–Trinajstić information content (AvgIpc) is 3.25. The van der Waals surface area contributed by atoms with E-state index in [4.69, 9.17) is 24.1 Å². The van der Waals surface area contributed by atoms with E-state index in [1.54, 1.807) is 0 Å². The molecule has 0 bridgehead atoms. The summed E-state index contributed by atoms with van der Waals surface area (Å²) >= 11 is -3.63. The van der Waals surface area contributed by atoms with Crippen LogP contribution in [-0.4, -0.2) is 28.2 Å². The van der Waals surface area contributed by atoms with Crippen molar-refractivity contribution in [2.75, 3.05) is 22.9 Å². The van der Waals surface area contributed by atoms with Gasteiger partial charge in [0.25, 0.3) is 0 Å². The molecule has 1 saturated heterocycles. The fourth-order valence-electron chi connectivity index (χ4n) is 5.00. The van der Waals surface area contributed by atoms with E-state index in [-0.39, 0.29) is 6.10 Å². The predicted octanol–water partition coefficient (Wildman–Crippen LogP) is 8.05. The Morgan fingerprint density at radius 2 is 1.19 bits per heavy atom. The van der Waals surface area contributed by atoms with E-state index in [2.05, 4.69) is 86.3 Å². The van der Waals surface area contributed by atoms with Gasteiger partial charge in [-0.15, -0.1) is 0 Å². The average molecular weight is 627 g/mol. The van der Waals surface area contributed by atoms with Gasteiger partial charge in [0.2, 0.25) is 0 Å². The Morgan fingerprint density at radius 1 is 0.730 bits per heavy atom. The summed E-state index contributed by atoms with van der Waals surface area (Å²) in [6.45, 7) is 18.8. The Hall–Kier alpha value is -2.00. The molecule has 4 rings (SSSR count). The number of aryl methyl sites for hydroxylation is 4. The molecule has 1 heterocycles. The van der Waals surface area contributed by atoms with E-state index in [0.717, 1.165) is 28.8 Å². The van der Waals surface area contributed by atoms with Crippen LogP contribution in [0, 0.1) is 41.5 Å². The summed E-state index contributed by atoms with van der Waals surface area (Å²) in [5.41, 5.74) is 10.9. The fourth-order valence-corrected chi connectivity index (χ4v) is 11.0. The van der Waals surface area contributed by atoms with E-state index in [1.165, 1.54) is 44.8 Å². The topological polar surface area (TPSA) is 15.7 Å². The van der Waals surface area contributed by atoms with Crippen molar-refractivity contribution in [1.29, 1.82) is 0 Å². The van der Waals surface area contributed by atoms with Crippen LogP contribution in [0.15, 0.2) is 48.5 Å². The minimum absolute atomic E-state index is 0.0577. The molecule has 1 aliphatic heterocycles. The number of anilines is 2. The zero-order valence-corrected chi connectivity index (χ0v) is 26.3. The van der Waals surface area contributed by atoms with Gasteiger partial charge in [0.15, 0.2) is 0 Å². The number of halogens is 2. The van der Waals surface area contributed by atoms with Crippen LogP contribution in [0.4, 0.5) is 11.4 Å². The van der Waals surface area contributed by atoms with Crippen molar-refractivity contribution in [2.45, 2.75) is 61.5 Å². The Bertz CT molecular complexity index is 1390. The van der Waals surface area contributed by atoms with Crippen molar-refractivity contribution in [1.82, 2.24) is 0 Å². The quantitative estimate of drug-likeness (QED) is 0.267. The molecule has 200 valence electrons. The van der Waals surface area contributed by atoms with Gasteiger partial charge < -0.3 is 0 Å². The first-order chi connectivity index (χ1) is 17.4. The molecule has 37 heavy (non-hydrogen) atoms. The van der Waals surface area contributed by atoms with Gasteiger partial charge in [-0.1, -0.05) is 0 Å². The third kappa shape index (κ3) is 5.58. The molecule has 6 heteroatoms. The molecular weight excluding hydrogens is 588 g/mol. The van der Waals surface area contributed by atoms with Gasteiger partial charge in [0.05, 0.1) is 0 Å². The predicted molar refractivity (Wildman–Crippen MR) is 160 cm³/mol. The number of hydrogen-bond acceptors (Lipinski definition) is 3. The van der Waals surface area contributed by atoms with E-state index in [0.29, 0.717) is 0 Å². The van der Waals surface area contributed by atoms with Gasteiger partial charge in [0, 0.05) is 0 Å². The number of ether oxygens (including phenoxy) is 1. The molecule has 0 N–H and O–H groups in total. The zero-order chi connectivity index (χ0) is 27.1. The molecule has 1 fully saturated rings. The zero-order valence-electron chi connectivity index (χ0n) is 23.1. The van der Waals surface area contributed by atoms with Crippen LogP contribution in [0.2, 0.25) is 0 Å². The van der Waals surface area contributed by atoms with Crippen molar-refractivity contribution in [2.24, 2.45) is 0 Å². The Kier molecular flexibility index (Phi) is 8.34. The second-order valence-corrected chi connectivity index (χ2v) is 19.4. The SMILES string of the molecule is Cc1ccc(C)c(N2CCN(c3c(C)ccc(C)c3C)[C]2=[Ru]([Cl])([Cl])=[CH]c2ccccc2OC(C)C)c1C. The van der Waals surface area contributed by atoms with E-state index >= 15 is 0 Å². The first-order valence-corrected chi connectivity index (χ1v) is 19.1. The number of nitrogens with zero attached hydrogens (tertiary/aromatic N) is 2. The first kappa shape index (κ1) is 28.0. The number of para-hydroxylation sites is 1. The van der Waals surface area contributed by atoms with Crippen LogP contribution < -0.4 is 14.5 Å². The second kappa shape index (κ2) is 11.0. The molecule has 0 aromatic heterocycles. The van der Waals surface area contributed by atoms with Crippen molar-refractivity contribution in [3.63, 3.8) is 0 Å². The van der Waals surface area contributed by atoms with Gasteiger partial charge in [-0.3, -0.25) is 0 Å². The monoisotopic (exact) mass is 626 g/mol. The van der Waals surface area contributed by atoms with Crippen LogP contribution in [0.5, 0.6) is 5.75 Å². The first-order valence-electron chi connectivity index (χ1n) is 12.7. The second-order valence-electron chi connectivity index (χ2n) is 10.2. The fraction of sp³-hybridized carbons (Fsp3) is 0.355. The molecule has 0 spiro atoms. The number of hydrogen-bond donors (Lipinski definition) is 0. The summed E-state index contributed by atoms with van der Waals surface area (Å²) in [6, 6.07) is 16.8. The van der Waals surface area contributed by atoms with Gasteiger partial charge in [-0.25, -0.2) is 0 Å². The summed E-state index contributed by atoms with van der Waals surface area (Å²) in [6.07, 6.45) is 0.0577. The van der Waals surface area contributed by atoms with Crippen LogP contribution in [-0.2, 0) is 11.9 Å². The standard InChI is InChI=1S/C21H26N2.C10H12O.2ClH.Ru/c1-14-7-9-16(3)20(18(14)5)22-11-12-23(13-22)21-17(4)10-8-15(2)19(21)6;1-8(2)11-10-7-5-4-6-9(10)3;;;/h7-10H,11-12H2,1-6H3;3-8H,1-2H3;2*1H;/q;;;;+2/p-2. The van der Waals surface area contributed by atoms with Crippen LogP contribution in [0.25, 0.3) is 0 Å². The van der Waals surface area contributed by atoms with Gasteiger partial charge in [-0.05, 0) is 0 Å². The molecule has 0 amide bonds. The molecule has 0 radical (unpaired) electrons. The molecule has 0 saturated carbocycles. The minimum atomic E-state index is -3.63. The van der Waals surface area contributed by atoms with Crippen molar-refractivity contribution >= 4 is 39.7 Å². The van der Waals surface area contributed by atoms with E-state index in [1.807, 2.05) is 32.0 Å². The van der Waals surface area contributed by atoms with Gasteiger partial charge in [0.1, 0.15) is 0 Å². The normalized spacial score (nSPS) is 14.5. The summed E-state index contributed by atoms with van der Waals surface area (Å²) in [5, 5.41) is 0. The maximum atomic E-state index is 7.57. The molecule has 3 nitrogen and oxygen atoms in total. The number of rotatable bonds is 5. The summed E-state index contributed by atoms with van der Waals surface area (Å²) in [4.78, 5) is 4.79. The van der Waals surface area contributed by atoms with Crippen molar-refractivity contribution in [3.8, 4) is 5.75 Å². The molecule has 0 aliphatic carbocycles. The van der Waals surface area contributed by atoms with Crippen molar-refractivity contribution < 1.29 is 16.6 Å². The van der Waals surface area contributed by atoms with Gasteiger partial charge >= 0.3 is 234 Å². The van der Waals surface area contributed by atoms with Crippen LogP contribution >= 0.6 is 19.4 Å². The summed E-state index contributed by atoms with van der Waals surface area (Å²) in [7, 11) is 15.1. The van der Waals surface area contributed by atoms with E-state index < -0.39 is 11.9 Å². The third-order valence-electron chi connectivity index (χ3n) is 7.06. The Labute approximate surface area is 232 Å². The molecule has 0 atom stereocenters. The molecule has 0 unspecified atom stereocenters. The molecular formula is C31H38Cl2N2ORu. The van der Waals surface area contributed by atoms with Crippen molar-refractivity contribution in [3.05, 3.63) is 87.5 Å². The third-order valence-corrected chi connectivity index (χ3v) is 12.5.